The predicted molar refractivity (Wildman–Crippen MR) is 28.7 cm³/mol. The Morgan fingerprint density at radius 2 is 2.33 bits per heavy atom. The summed E-state index contributed by atoms with van der Waals surface area (Å²) in [4.78, 5) is 22.2. The highest BCUT2D eigenvalue weighted by atomic mass is 16.6. The fourth-order valence-electron chi connectivity index (χ4n) is 0.655. The number of amides is 1. The second kappa shape index (κ2) is 2.05. The summed E-state index contributed by atoms with van der Waals surface area (Å²) in [5.41, 5.74) is 0. The first-order valence-corrected chi connectivity index (χ1v) is 2.73. The van der Waals surface area contributed by atoms with Gasteiger partial charge in [-0.3, -0.25) is 4.90 Å². The zero-order valence-corrected chi connectivity index (χ0v) is 5.09. The molecule has 0 aromatic heterocycles. The summed E-state index contributed by atoms with van der Waals surface area (Å²) in [5.74, 6) is -0.457. The zero-order valence-electron chi connectivity index (χ0n) is 5.09. The molecule has 0 aliphatic carbocycles. The Bertz CT molecular complexity index is 154. The minimum atomic E-state index is -0.525. The summed E-state index contributed by atoms with van der Waals surface area (Å²) in [6.45, 7) is 2.43. The Labute approximate surface area is 52.4 Å². The third-order valence-electron chi connectivity index (χ3n) is 1.16. The molecule has 0 bridgehead atoms. The quantitative estimate of drug-likeness (QED) is 0.369. The summed E-state index contributed by atoms with van der Waals surface area (Å²) >= 11 is 0. The van der Waals surface area contributed by atoms with E-state index in [1.807, 2.05) is 0 Å². The van der Waals surface area contributed by atoms with E-state index in [4.69, 9.17) is 0 Å². The van der Waals surface area contributed by atoms with Gasteiger partial charge in [0.15, 0.2) is 0 Å². The van der Waals surface area contributed by atoms with Crippen molar-refractivity contribution in [2.45, 2.75) is 6.92 Å². The number of likely N-dealkylation sites (N-methyl/N-ethyl adjacent to an activating group) is 1. The summed E-state index contributed by atoms with van der Waals surface area (Å²) < 4.78 is 4.21. The van der Waals surface area contributed by atoms with Gasteiger partial charge in [0.1, 0.15) is 6.54 Å². The van der Waals surface area contributed by atoms with Crippen LogP contribution in [-0.4, -0.2) is 30.1 Å². The Morgan fingerprint density at radius 3 is 2.56 bits per heavy atom. The van der Waals surface area contributed by atoms with Crippen molar-refractivity contribution in [3.8, 4) is 0 Å². The van der Waals surface area contributed by atoms with Gasteiger partial charge in [0.2, 0.25) is 0 Å². The van der Waals surface area contributed by atoms with Gasteiger partial charge in [0.05, 0.1) is 0 Å². The Balaban J connectivity index is 2.58. The molecule has 1 aliphatic heterocycles. The molecule has 0 aromatic carbocycles. The van der Waals surface area contributed by atoms with Crippen molar-refractivity contribution in [3.63, 3.8) is 0 Å². The van der Waals surface area contributed by atoms with E-state index in [0.717, 1.165) is 0 Å². The molecule has 1 saturated heterocycles. The molecule has 0 spiro atoms. The molecule has 1 aliphatic rings. The molecule has 0 aromatic rings. The highest BCUT2D eigenvalue weighted by molar-refractivity contribution is 5.92. The Kier molecular flexibility index (Phi) is 1.38. The summed E-state index contributed by atoms with van der Waals surface area (Å²) in [7, 11) is 0. The number of rotatable bonds is 1. The second-order valence-electron chi connectivity index (χ2n) is 1.75. The number of hydrogen-bond donors (Lipinski definition) is 0. The average molecular weight is 129 g/mol. The van der Waals surface area contributed by atoms with Gasteiger partial charge in [-0.1, -0.05) is 0 Å². The number of hydrogen-bond acceptors (Lipinski definition) is 3. The van der Waals surface area contributed by atoms with Gasteiger partial charge in [-0.25, -0.2) is 9.59 Å². The van der Waals surface area contributed by atoms with Crippen molar-refractivity contribution in [3.05, 3.63) is 0 Å². The summed E-state index contributed by atoms with van der Waals surface area (Å²) in [6.07, 6.45) is -0.525. The van der Waals surface area contributed by atoms with Crippen LogP contribution in [0.4, 0.5) is 4.79 Å². The number of carbonyl (C=O) groups excluding carboxylic acids is 2. The van der Waals surface area contributed by atoms with Crippen LogP contribution in [0.1, 0.15) is 6.92 Å². The van der Waals surface area contributed by atoms with Crippen LogP contribution in [0.3, 0.4) is 0 Å². The molecular weight excluding hydrogens is 122 g/mol. The number of cyclic esters (lactones) is 2. The molecule has 1 fully saturated rings. The number of nitrogens with zero attached hydrogens (tertiary/aromatic N) is 1. The van der Waals surface area contributed by atoms with Crippen molar-refractivity contribution >= 4 is 12.1 Å². The van der Waals surface area contributed by atoms with Crippen molar-refractivity contribution < 1.29 is 14.3 Å². The van der Waals surface area contributed by atoms with Gasteiger partial charge >= 0.3 is 12.1 Å². The summed E-state index contributed by atoms with van der Waals surface area (Å²) in [5, 5.41) is 0. The predicted octanol–water partition coefficient (Wildman–Crippen LogP) is -0.0149. The molecule has 0 radical (unpaired) electrons. The van der Waals surface area contributed by atoms with Gasteiger partial charge in [0.25, 0.3) is 0 Å². The van der Waals surface area contributed by atoms with Gasteiger partial charge in [-0.2, -0.15) is 0 Å². The van der Waals surface area contributed by atoms with E-state index >= 15 is 0 Å². The van der Waals surface area contributed by atoms with Crippen molar-refractivity contribution in [1.82, 2.24) is 4.90 Å². The van der Waals surface area contributed by atoms with Crippen LogP contribution in [0.5, 0.6) is 0 Å². The number of carbonyl (C=O) groups is 2. The molecule has 4 heteroatoms. The molecule has 0 N–H and O–H groups in total. The molecular formula is C5H7NO3. The van der Waals surface area contributed by atoms with Gasteiger partial charge < -0.3 is 4.74 Å². The maximum Gasteiger partial charge on any atom is 0.418 e. The molecule has 0 saturated carbocycles. The van der Waals surface area contributed by atoms with Crippen LogP contribution < -0.4 is 0 Å². The molecule has 1 rings (SSSR count). The molecule has 50 valence electrons. The topological polar surface area (TPSA) is 46.6 Å². The fourth-order valence-corrected chi connectivity index (χ4v) is 0.655. The highest BCUT2D eigenvalue weighted by Crippen LogP contribution is 2.02. The monoisotopic (exact) mass is 129 g/mol. The van der Waals surface area contributed by atoms with E-state index < -0.39 is 12.1 Å². The van der Waals surface area contributed by atoms with Crippen molar-refractivity contribution in [2.24, 2.45) is 0 Å². The fraction of sp³-hybridized carbons (Fsp3) is 0.600. The smallest absolute Gasteiger partial charge is 0.375 e. The third-order valence-corrected chi connectivity index (χ3v) is 1.16. The lowest BCUT2D eigenvalue weighted by Gasteiger charge is -2.04. The van der Waals surface area contributed by atoms with Crippen LogP contribution >= 0.6 is 0 Å². The van der Waals surface area contributed by atoms with Gasteiger partial charge in [0, 0.05) is 6.54 Å². The molecule has 0 atom stereocenters. The van der Waals surface area contributed by atoms with E-state index in [2.05, 4.69) is 4.74 Å². The van der Waals surface area contributed by atoms with Crippen LogP contribution in [0.2, 0.25) is 0 Å². The van der Waals surface area contributed by atoms with E-state index in [1.165, 1.54) is 4.90 Å². The normalized spacial score (nSPS) is 18.6. The van der Waals surface area contributed by atoms with E-state index in [1.54, 1.807) is 6.92 Å². The zero-order chi connectivity index (χ0) is 6.85. The van der Waals surface area contributed by atoms with Gasteiger partial charge in [-0.15, -0.1) is 0 Å². The minimum absolute atomic E-state index is 0.106. The maximum atomic E-state index is 10.5. The van der Waals surface area contributed by atoms with Crippen LogP contribution in [-0.2, 0) is 9.53 Å². The lowest BCUT2D eigenvalue weighted by molar-refractivity contribution is -0.132. The van der Waals surface area contributed by atoms with E-state index in [9.17, 15) is 9.59 Å². The highest BCUT2D eigenvalue weighted by Gasteiger charge is 2.27. The molecule has 0 unspecified atom stereocenters. The molecule has 1 amide bonds. The first kappa shape index (κ1) is 6.07. The largest absolute Gasteiger partial charge is 0.418 e. The molecule has 9 heavy (non-hydrogen) atoms. The third kappa shape index (κ3) is 1.01. The van der Waals surface area contributed by atoms with E-state index in [0.29, 0.717) is 6.54 Å². The summed E-state index contributed by atoms with van der Waals surface area (Å²) in [6, 6.07) is 0. The standard InChI is InChI=1S/C5H7NO3/c1-2-6-3-4(7)9-5(6)8/h2-3H2,1H3. The number of ether oxygens (including phenoxy) is 1. The van der Waals surface area contributed by atoms with Crippen molar-refractivity contribution in [1.29, 1.82) is 0 Å². The SMILES string of the molecule is CCN1CC(=O)OC1=O. The first-order valence-electron chi connectivity index (χ1n) is 2.73. The first-order chi connectivity index (χ1) is 4.24. The van der Waals surface area contributed by atoms with E-state index in [-0.39, 0.29) is 6.54 Å². The Hall–Kier alpha value is -1.06. The lowest BCUT2D eigenvalue weighted by atomic mass is 10.6. The average Bonchev–Trinajstić information content (AvgIpc) is 2.10. The Morgan fingerprint density at radius 1 is 1.67 bits per heavy atom. The van der Waals surface area contributed by atoms with Crippen LogP contribution in [0.25, 0.3) is 0 Å². The van der Waals surface area contributed by atoms with Crippen LogP contribution in [0, 0.1) is 0 Å². The lowest BCUT2D eigenvalue weighted by Crippen LogP contribution is -2.23. The molecule has 4 nitrogen and oxygen atoms in total. The maximum absolute atomic E-state index is 10.5. The van der Waals surface area contributed by atoms with Gasteiger partial charge in [-0.05, 0) is 6.92 Å². The van der Waals surface area contributed by atoms with Crippen molar-refractivity contribution in [2.75, 3.05) is 13.1 Å². The number of esters is 1. The molecule has 1 heterocycles. The minimum Gasteiger partial charge on any atom is -0.375 e. The second-order valence-corrected chi connectivity index (χ2v) is 1.75. The van der Waals surface area contributed by atoms with Crippen LogP contribution in [0.15, 0.2) is 0 Å².